The molecule has 0 aliphatic heterocycles. The topological polar surface area (TPSA) is 17.1 Å². The molecular formula is C13H16O. The van der Waals surface area contributed by atoms with Gasteiger partial charge in [-0.15, -0.1) is 0 Å². The molecule has 14 heavy (non-hydrogen) atoms. The molecular weight excluding hydrogens is 172 g/mol. The van der Waals surface area contributed by atoms with Crippen LogP contribution >= 0.6 is 0 Å². The number of carbonyl (C=O) groups excluding carboxylic acids is 1. The third-order valence-corrected chi connectivity index (χ3v) is 2.33. The molecule has 0 fully saturated rings. The molecule has 0 amide bonds. The molecule has 1 nitrogen and oxygen atoms in total. The zero-order valence-corrected chi connectivity index (χ0v) is 9.00. The molecule has 0 bridgehead atoms. The zero-order valence-electron chi connectivity index (χ0n) is 9.00. The van der Waals surface area contributed by atoms with Gasteiger partial charge in [0.05, 0.1) is 0 Å². The maximum absolute atomic E-state index is 10.8. The molecule has 0 N–H and O–H groups in total. The summed E-state index contributed by atoms with van der Waals surface area (Å²) >= 11 is 0. The van der Waals surface area contributed by atoms with Crippen LogP contribution in [0.15, 0.2) is 24.8 Å². The minimum Gasteiger partial charge on any atom is -0.298 e. The fourth-order valence-electron chi connectivity index (χ4n) is 1.45. The molecule has 0 saturated carbocycles. The van der Waals surface area contributed by atoms with Gasteiger partial charge in [0.1, 0.15) is 6.29 Å². The molecule has 1 aromatic carbocycles. The second-order valence-corrected chi connectivity index (χ2v) is 3.90. The smallest absolute Gasteiger partial charge is 0.150 e. The van der Waals surface area contributed by atoms with Crippen molar-refractivity contribution in [2.75, 3.05) is 0 Å². The highest BCUT2D eigenvalue weighted by molar-refractivity contribution is 5.79. The van der Waals surface area contributed by atoms with Crippen LogP contribution in [0.25, 0.3) is 5.57 Å². The summed E-state index contributed by atoms with van der Waals surface area (Å²) in [6, 6.07) is 5.86. The molecule has 0 unspecified atom stereocenters. The monoisotopic (exact) mass is 188 g/mol. The molecule has 74 valence electrons. The van der Waals surface area contributed by atoms with E-state index in [4.69, 9.17) is 0 Å². The minimum absolute atomic E-state index is 0.370. The molecule has 1 heteroatoms. The highest BCUT2D eigenvalue weighted by atomic mass is 16.1. The van der Waals surface area contributed by atoms with Crippen molar-refractivity contribution >= 4 is 11.9 Å². The Morgan fingerprint density at radius 1 is 1.43 bits per heavy atom. The van der Waals surface area contributed by atoms with E-state index >= 15 is 0 Å². The fourth-order valence-corrected chi connectivity index (χ4v) is 1.45. The van der Waals surface area contributed by atoms with Crippen LogP contribution in [0.1, 0.15) is 48.2 Å². The summed E-state index contributed by atoms with van der Waals surface area (Å²) in [6.45, 7) is 10.0. The first-order valence-electron chi connectivity index (χ1n) is 4.81. The molecule has 1 rings (SSSR count). The molecule has 0 heterocycles. The van der Waals surface area contributed by atoms with Crippen molar-refractivity contribution in [3.8, 4) is 0 Å². The van der Waals surface area contributed by atoms with Crippen molar-refractivity contribution in [3.05, 3.63) is 41.5 Å². The van der Waals surface area contributed by atoms with Crippen molar-refractivity contribution in [2.45, 2.75) is 26.7 Å². The van der Waals surface area contributed by atoms with Gasteiger partial charge in [0.25, 0.3) is 0 Å². The lowest BCUT2D eigenvalue weighted by atomic mass is 9.94. The molecule has 0 saturated heterocycles. The van der Waals surface area contributed by atoms with Crippen molar-refractivity contribution < 1.29 is 4.79 Å². The number of rotatable bonds is 3. The SMILES string of the molecule is C=C(C)c1ccc(C=O)c(C(C)C)c1. The number of benzene rings is 1. The van der Waals surface area contributed by atoms with E-state index in [1.165, 1.54) is 0 Å². The minimum atomic E-state index is 0.370. The molecule has 0 aromatic heterocycles. The lowest BCUT2D eigenvalue weighted by molar-refractivity contribution is 0.112. The van der Waals surface area contributed by atoms with Crippen LogP contribution in [0.4, 0.5) is 0 Å². The normalized spacial score (nSPS) is 10.3. The second kappa shape index (κ2) is 4.23. The summed E-state index contributed by atoms with van der Waals surface area (Å²) in [5.41, 5.74) is 4.02. The second-order valence-electron chi connectivity index (χ2n) is 3.90. The standard InChI is InChI=1S/C13H16O/c1-9(2)11-5-6-12(8-14)13(7-11)10(3)4/h5-8,10H,1H2,2-4H3. The van der Waals surface area contributed by atoms with E-state index < -0.39 is 0 Å². The van der Waals surface area contributed by atoms with Crippen LogP contribution in [0.3, 0.4) is 0 Å². The van der Waals surface area contributed by atoms with E-state index in [1.807, 2.05) is 19.1 Å². The maximum Gasteiger partial charge on any atom is 0.150 e. The number of carbonyl (C=O) groups is 1. The van der Waals surface area contributed by atoms with E-state index in [0.717, 1.165) is 28.5 Å². The van der Waals surface area contributed by atoms with Gasteiger partial charge in [0.15, 0.2) is 0 Å². The Labute approximate surface area is 85.5 Å². The van der Waals surface area contributed by atoms with Gasteiger partial charge < -0.3 is 0 Å². The van der Waals surface area contributed by atoms with Gasteiger partial charge in [0, 0.05) is 5.56 Å². The van der Waals surface area contributed by atoms with Crippen LogP contribution in [-0.4, -0.2) is 6.29 Å². The Hall–Kier alpha value is -1.37. The van der Waals surface area contributed by atoms with E-state index in [9.17, 15) is 4.79 Å². The Bertz CT molecular complexity index is 361. The van der Waals surface area contributed by atoms with Gasteiger partial charge in [-0.1, -0.05) is 44.2 Å². The average molecular weight is 188 g/mol. The summed E-state index contributed by atoms with van der Waals surface area (Å²) in [6.07, 6.45) is 0.914. The van der Waals surface area contributed by atoms with Gasteiger partial charge in [-0.3, -0.25) is 4.79 Å². The molecule has 0 radical (unpaired) electrons. The van der Waals surface area contributed by atoms with Crippen LogP contribution in [0.2, 0.25) is 0 Å². The Morgan fingerprint density at radius 2 is 2.07 bits per heavy atom. The number of aldehydes is 1. The molecule has 1 aromatic rings. The lowest BCUT2D eigenvalue weighted by Gasteiger charge is -2.10. The van der Waals surface area contributed by atoms with Gasteiger partial charge in [0.2, 0.25) is 0 Å². The highest BCUT2D eigenvalue weighted by Gasteiger charge is 2.07. The van der Waals surface area contributed by atoms with Gasteiger partial charge in [-0.2, -0.15) is 0 Å². The van der Waals surface area contributed by atoms with Gasteiger partial charge in [-0.25, -0.2) is 0 Å². The Morgan fingerprint density at radius 3 is 2.50 bits per heavy atom. The molecule has 0 aliphatic carbocycles. The third-order valence-electron chi connectivity index (χ3n) is 2.33. The van der Waals surface area contributed by atoms with Crippen molar-refractivity contribution in [1.29, 1.82) is 0 Å². The van der Waals surface area contributed by atoms with E-state index in [1.54, 1.807) is 0 Å². The summed E-state index contributed by atoms with van der Waals surface area (Å²) < 4.78 is 0. The largest absolute Gasteiger partial charge is 0.298 e. The van der Waals surface area contributed by atoms with Crippen molar-refractivity contribution in [3.63, 3.8) is 0 Å². The summed E-state index contributed by atoms with van der Waals surface area (Å²) in [5.74, 6) is 0.370. The van der Waals surface area contributed by atoms with Crippen LogP contribution < -0.4 is 0 Å². The fraction of sp³-hybridized carbons (Fsp3) is 0.308. The summed E-state index contributed by atoms with van der Waals surface area (Å²) in [4.78, 5) is 10.8. The number of hydrogen-bond acceptors (Lipinski definition) is 1. The third kappa shape index (κ3) is 2.11. The first-order chi connectivity index (χ1) is 6.56. The van der Waals surface area contributed by atoms with Crippen molar-refractivity contribution in [1.82, 2.24) is 0 Å². The lowest BCUT2D eigenvalue weighted by Crippen LogP contribution is -1.96. The quantitative estimate of drug-likeness (QED) is 0.662. The van der Waals surface area contributed by atoms with Crippen LogP contribution in [0.5, 0.6) is 0 Å². The first kappa shape index (κ1) is 10.7. The summed E-state index contributed by atoms with van der Waals surface area (Å²) in [5, 5.41) is 0. The number of hydrogen-bond donors (Lipinski definition) is 0. The van der Waals surface area contributed by atoms with Crippen LogP contribution in [0, 0.1) is 0 Å². The Balaban J connectivity index is 3.27. The van der Waals surface area contributed by atoms with E-state index in [2.05, 4.69) is 26.5 Å². The first-order valence-corrected chi connectivity index (χ1v) is 4.81. The predicted molar refractivity (Wildman–Crippen MR) is 60.6 cm³/mol. The maximum atomic E-state index is 10.8. The molecule has 0 aliphatic rings. The zero-order chi connectivity index (χ0) is 10.7. The van der Waals surface area contributed by atoms with Crippen molar-refractivity contribution in [2.24, 2.45) is 0 Å². The van der Waals surface area contributed by atoms with Gasteiger partial charge in [-0.05, 0) is 24.0 Å². The molecule has 0 spiro atoms. The Kier molecular flexibility index (Phi) is 3.23. The van der Waals surface area contributed by atoms with Crippen LogP contribution in [-0.2, 0) is 0 Å². The highest BCUT2D eigenvalue weighted by Crippen LogP contribution is 2.22. The number of allylic oxidation sites excluding steroid dienone is 1. The van der Waals surface area contributed by atoms with E-state index in [-0.39, 0.29) is 0 Å². The summed E-state index contributed by atoms with van der Waals surface area (Å²) in [7, 11) is 0. The molecule has 0 atom stereocenters. The van der Waals surface area contributed by atoms with Gasteiger partial charge >= 0.3 is 0 Å². The average Bonchev–Trinajstić information content (AvgIpc) is 2.16. The predicted octanol–water partition coefficient (Wildman–Crippen LogP) is 3.66. The van der Waals surface area contributed by atoms with E-state index in [0.29, 0.717) is 5.92 Å².